The van der Waals surface area contributed by atoms with Gasteiger partial charge in [-0.15, -0.1) is 11.3 Å². The number of anilines is 2. The molecule has 1 amide bonds. The van der Waals surface area contributed by atoms with Crippen molar-refractivity contribution in [3.63, 3.8) is 0 Å². The van der Waals surface area contributed by atoms with Crippen LogP contribution in [0.4, 0.5) is 10.8 Å². The second-order valence-corrected chi connectivity index (χ2v) is 7.69. The van der Waals surface area contributed by atoms with Crippen molar-refractivity contribution < 1.29 is 23.9 Å². The van der Waals surface area contributed by atoms with Crippen LogP contribution in [0.25, 0.3) is 0 Å². The first-order valence-corrected chi connectivity index (χ1v) is 10.4. The van der Waals surface area contributed by atoms with Crippen LogP contribution in [0.2, 0.25) is 0 Å². The van der Waals surface area contributed by atoms with Crippen LogP contribution in [-0.4, -0.2) is 29.9 Å². The fourth-order valence-corrected chi connectivity index (χ4v) is 3.79. The second kappa shape index (κ2) is 9.53. The van der Waals surface area contributed by atoms with Gasteiger partial charge >= 0.3 is 11.9 Å². The van der Waals surface area contributed by atoms with Gasteiger partial charge in [-0.05, 0) is 49.2 Å². The maximum Gasteiger partial charge on any atom is 0.339 e. The first kappa shape index (κ1) is 22.2. The number of amides is 1. The number of benzene rings is 2. The highest BCUT2D eigenvalue weighted by Crippen LogP contribution is 2.30. The zero-order valence-electron chi connectivity index (χ0n) is 17.7. The maximum absolute atomic E-state index is 12.5. The monoisotopic (exact) mass is 438 g/mol. The molecule has 0 aliphatic heterocycles. The highest BCUT2D eigenvalue weighted by molar-refractivity contribution is 7.14. The summed E-state index contributed by atoms with van der Waals surface area (Å²) in [4.78, 5) is 42.6. The van der Waals surface area contributed by atoms with Crippen LogP contribution < -0.4 is 4.90 Å². The summed E-state index contributed by atoms with van der Waals surface area (Å²) >= 11 is 1.28. The minimum atomic E-state index is -0.659. The Kier molecular flexibility index (Phi) is 6.81. The lowest BCUT2D eigenvalue weighted by Crippen LogP contribution is -2.22. The molecule has 1 aromatic heterocycles. The number of thiazole rings is 1. The van der Waals surface area contributed by atoms with Crippen LogP contribution in [0.5, 0.6) is 0 Å². The van der Waals surface area contributed by atoms with Gasteiger partial charge in [0, 0.05) is 12.3 Å². The molecule has 0 bridgehead atoms. The molecular weight excluding hydrogens is 416 g/mol. The van der Waals surface area contributed by atoms with Crippen molar-refractivity contribution in [1.29, 1.82) is 0 Å². The Morgan fingerprint density at radius 3 is 2.29 bits per heavy atom. The van der Waals surface area contributed by atoms with Crippen LogP contribution in [-0.2, 0) is 20.9 Å². The number of esters is 2. The topological polar surface area (TPSA) is 85.8 Å². The maximum atomic E-state index is 12.5. The standard InChI is InChI=1S/C23H22N2O5S/c1-14-9-10-18(11-15(14)2)25(16(3)26)23-24-17(13-31-23)12-30-22(28)20-8-6-5-7-19(20)21(27)29-4/h5-11,13H,12H2,1-4H3. The van der Waals surface area contributed by atoms with Gasteiger partial charge in [-0.2, -0.15) is 0 Å². The fourth-order valence-electron chi connectivity index (χ4n) is 2.92. The molecule has 31 heavy (non-hydrogen) atoms. The average Bonchev–Trinajstić information content (AvgIpc) is 3.22. The minimum absolute atomic E-state index is 0.0937. The van der Waals surface area contributed by atoms with Gasteiger partial charge in [-0.1, -0.05) is 18.2 Å². The first-order chi connectivity index (χ1) is 14.8. The molecule has 0 spiro atoms. The Hall–Kier alpha value is -3.52. The smallest absolute Gasteiger partial charge is 0.339 e. The van der Waals surface area contributed by atoms with Crippen LogP contribution in [0.15, 0.2) is 47.8 Å². The SMILES string of the molecule is COC(=O)c1ccccc1C(=O)OCc1csc(N(C(C)=O)c2ccc(C)c(C)c2)n1. The van der Waals surface area contributed by atoms with Crippen molar-refractivity contribution in [3.05, 3.63) is 75.8 Å². The molecule has 8 heteroatoms. The van der Waals surface area contributed by atoms with E-state index in [0.717, 1.165) is 16.8 Å². The zero-order chi connectivity index (χ0) is 22.5. The summed E-state index contributed by atoms with van der Waals surface area (Å²) in [7, 11) is 1.25. The number of hydrogen-bond acceptors (Lipinski definition) is 7. The van der Waals surface area contributed by atoms with Gasteiger partial charge in [-0.25, -0.2) is 14.6 Å². The van der Waals surface area contributed by atoms with E-state index in [1.807, 2.05) is 32.0 Å². The minimum Gasteiger partial charge on any atom is -0.465 e. The van der Waals surface area contributed by atoms with E-state index < -0.39 is 11.9 Å². The Morgan fingerprint density at radius 2 is 1.68 bits per heavy atom. The van der Waals surface area contributed by atoms with Crippen LogP contribution in [0, 0.1) is 13.8 Å². The summed E-state index contributed by atoms with van der Waals surface area (Å²) < 4.78 is 10.0. The summed E-state index contributed by atoms with van der Waals surface area (Å²) in [5.74, 6) is -1.45. The number of rotatable bonds is 6. The van der Waals surface area contributed by atoms with E-state index in [2.05, 4.69) is 4.98 Å². The van der Waals surface area contributed by atoms with E-state index in [0.29, 0.717) is 10.8 Å². The third kappa shape index (κ3) is 4.97. The van der Waals surface area contributed by atoms with Crippen molar-refractivity contribution in [2.45, 2.75) is 27.4 Å². The third-order valence-electron chi connectivity index (χ3n) is 4.70. The summed E-state index contributed by atoms with van der Waals surface area (Å²) in [6.45, 7) is 5.37. The molecule has 0 radical (unpaired) electrons. The molecule has 0 atom stereocenters. The predicted octanol–water partition coefficient (Wildman–Crippen LogP) is 4.59. The largest absolute Gasteiger partial charge is 0.465 e. The molecule has 3 rings (SSSR count). The van der Waals surface area contributed by atoms with E-state index in [9.17, 15) is 14.4 Å². The average molecular weight is 439 g/mol. The van der Waals surface area contributed by atoms with Crippen molar-refractivity contribution in [3.8, 4) is 0 Å². The van der Waals surface area contributed by atoms with Crippen molar-refractivity contribution in [1.82, 2.24) is 4.98 Å². The zero-order valence-corrected chi connectivity index (χ0v) is 18.5. The number of carbonyl (C=O) groups excluding carboxylic acids is 3. The molecule has 0 saturated heterocycles. The molecule has 0 saturated carbocycles. The predicted molar refractivity (Wildman–Crippen MR) is 118 cm³/mol. The van der Waals surface area contributed by atoms with Crippen molar-refractivity contribution in [2.24, 2.45) is 0 Å². The Balaban J connectivity index is 1.76. The van der Waals surface area contributed by atoms with E-state index in [-0.39, 0.29) is 23.6 Å². The van der Waals surface area contributed by atoms with Gasteiger partial charge in [0.15, 0.2) is 5.13 Å². The lowest BCUT2D eigenvalue weighted by Gasteiger charge is -2.19. The molecule has 2 aromatic carbocycles. The molecule has 0 aliphatic rings. The van der Waals surface area contributed by atoms with Gasteiger partial charge in [-0.3, -0.25) is 9.69 Å². The summed E-state index contributed by atoms with van der Waals surface area (Å²) in [6, 6.07) is 12.0. The second-order valence-electron chi connectivity index (χ2n) is 6.86. The number of aryl methyl sites for hydroxylation is 2. The van der Waals surface area contributed by atoms with Crippen molar-refractivity contribution >= 4 is 40.0 Å². The fraction of sp³-hybridized carbons (Fsp3) is 0.217. The molecular formula is C23H22N2O5S. The number of nitrogens with zero attached hydrogens (tertiary/aromatic N) is 2. The van der Waals surface area contributed by atoms with Gasteiger partial charge in [0.2, 0.25) is 5.91 Å². The molecule has 7 nitrogen and oxygen atoms in total. The van der Waals surface area contributed by atoms with Crippen LogP contribution in [0.3, 0.4) is 0 Å². The number of methoxy groups -OCH3 is 1. The quantitative estimate of drug-likeness (QED) is 0.524. The first-order valence-electron chi connectivity index (χ1n) is 9.48. The Morgan fingerprint density at radius 1 is 1.00 bits per heavy atom. The lowest BCUT2D eigenvalue weighted by molar-refractivity contribution is -0.115. The van der Waals surface area contributed by atoms with Crippen LogP contribution in [0.1, 0.15) is 44.5 Å². The van der Waals surface area contributed by atoms with E-state index in [1.54, 1.807) is 17.5 Å². The van der Waals surface area contributed by atoms with E-state index in [4.69, 9.17) is 9.47 Å². The molecule has 160 valence electrons. The van der Waals surface area contributed by atoms with Gasteiger partial charge in [0.05, 0.1) is 29.6 Å². The molecule has 0 unspecified atom stereocenters. The van der Waals surface area contributed by atoms with Gasteiger partial charge < -0.3 is 9.47 Å². The van der Waals surface area contributed by atoms with Gasteiger partial charge in [0.25, 0.3) is 0 Å². The number of aromatic nitrogens is 1. The molecule has 0 N–H and O–H groups in total. The lowest BCUT2D eigenvalue weighted by atomic mass is 10.1. The molecule has 0 fully saturated rings. The molecule has 3 aromatic rings. The Bertz CT molecular complexity index is 1140. The van der Waals surface area contributed by atoms with E-state index >= 15 is 0 Å². The highest BCUT2D eigenvalue weighted by Gasteiger charge is 2.21. The van der Waals surface area contributed by atoms with Crippen molar-refractivity contribution in [2.75, 3.05) is 12.0 Å². The summed E-state index contributed by atoms with van der Waals surface area (Å²) in [5, 5.41) is 2.21. The normalized spacial score (nSPS) is 10.5. The highest BCUT2D eigenvalue weighted by atomic mass is 32.1. The summed E-state index contributed by atoms with van der Waals surface area (Å²) in [5.41, 5.74) is 3.67. The van der Waals surface area contributed by atoms with Crippen LogP contribution >= 0.6 is 11.3 Å². The third-order valence-corrected chi connectivity index (χ3v) is 5.57. The molecule has 1 heterocycles. The molecule has 0 aliphatic carbocycles. The Labute approximate surface area is 184 Å². The van der Waals surface area contributed by atoms with Gasteiger partial charge in [0.1, 0.15) is 6.61 Å². The summed E-state index contributed by atoms with van der Waals surface area (Å²) in [6.07, 6.45) is 0. The number of ether oxygens (including phenoxy) is 2. The number of hydrogen-bond donors (Lipinski definition) is 0. The van der Waals surface area contributed by atoms with E-state index in [1.165, 1.54) is 42.4 Å². The number of carbonyl (C=O) groups is 3.